The molecule has 186 valence electrons. The molecule has 0 amide bonds. The number of rotatable bonds is 10. The van der Waals surface area contributed by atoms with E-state index in [-0.39, 0.29) is 11.1 Å². The van der Waals surface area contributed by atoms with Crippen molar-refractivity contribution in [1.82, 2.24) is 0 Å². The van der Waals surface area contributed by atoms with Gasteiger partial charge < -0.3 is 29.2 Å². The average molecular weight is 491 g/mol. The first-order valence-electron chi connectivity index (χ1n) is 10.8. The number of hydrogen-bond donors (Lipinski definition) is 2. The van der Waals surface area contributed by atoms with Crippen molar-refractivity contribution in [3.63, 3.8) is 0 Å². The second kappa shape index (κ2) is 11.6. The van der Waals surface area contributed by atoms with Crippen LogP contribution in [0.3, 0.4) is 0 Å². The third-order valence-corrected chi connectivity index (χ3v) is 5.31. The highest BCUT2D eigenvalue weighted by Gasteiger charge is 2.17. The standard InChI is InChI=1S/C28H26O8/c1-33-25-11-7-17(13-27(25)35-3)5-9-21(29)19-15-20(24(32)16-23(19)31)22(30)10-6-18-8-12-26(34-2)28(14-18)36-4/h5-16,31-32H,1-4H3/b9-5+,10-6+. The number of phenols is 2. The Morgan fingerprint density at radius 1 is 0.583 bits per heavy atom. The van der Waals surface area contributed by atoms with E-state index in [1.807, 2.05) is 0 Å². The molecule has 0 spiro atoms. The molecule has 0 unspecified atom stereocenters. The topological polar surface area (TPSA) is 112 Å². The summed E-state index contributed by atoms with van der Waals surface area (Å²) < 4.78 is 20.9. The maximum atomic E-state index is 12.8. The highest BCUT2D eigenvalue weighted by Crippen LogP contribution is 2.31. The number of hydrogen-bond acceptors (Lipinski definition) is 8. The Kier molecular flexibility index (Phi) is 8.35. The molecule has 36 heavy (non-hydrogen) atoms. The van der Waals surface area contributed by atoms with Gasteiger partial charge in [-0.2, -0.15) is 0 Å². The molecular weight excluding hydrogens is 464 g/mol. The minimum atomic E-state index is -0.555. The molecule has 3 aromatic rings. The van der Waals surface area contributed by atoms with Crippen molar-refractivity contribution in [3.8, 4) is 34.5 Å². The van der Waals surface area contributed by atoms with Crippen LogP contribution < -0.4 is 18.9 Å². The number of ether oxygens (including phenoxy) is 4. The Labute approximate surface area is 208 Å². The molecule has 2 N–H and O–H groups in total. The van der Waals surface area contributed by atoms with Gasteiger partial charge in [-0.25, -0.2) is 0 Å². The summed E-state index contributed by atoms with van der Waals surface area (Å²) in [5.41, 5.74) is 1.06. The predicted octanol–water partition coefficient (Wildman–Crippen LogP) is 4.92. The number of methoxy groups -OCH3 is 4. The first-order valence-corrected chi connectivity index (χ1v) is 10.8. The molecule has 0 aliphatic heterocycles. The highest BCUT2D eigenvalue weighted by molar-refractivity contribution is 6.13. The number of aromatic hydroxyl groups is 2. The van der Waals surface area contributed by atoms with Gasteiger partial charge in [0.15, 0.2) is 34.6 Å². The lowest BCUT2D eigenvalue weighted by Gasteiger charge is -2.08. The Balaban J connectivity index is 1.84. The molecule has 3 rings (SSSR count). The molecule has 0 bridgehead atoms. The number of benzene rings is 3. The van der Waals surface area contributed by atoms with Crippen LogP contribution in [0.2, 0.25) is 0 Å². The minimum absolute atomic E-state index is 0.132. The third-order valence-electron chi connectivity index (χ3n) is 5.31. The normalized spacial score (nSPS) is 11.0. The van der Waals surface area contributed by atoms with E-state index in [9.17, 15) is 19.8 Å². The summed E-state index contributed by atoms with van der Waals surface area (Å²) in [7, 11) is 6.05. The second-order valence-corrected chi connectivity index (χ2v) is 7.51. The smallest absolute Gasteiger partial charge is 0.189 e. The summed E-state index contributed by atoms with van der Waals surface area (Å²) in [5.74, 6) is 0.0653. The van der Waals surface area contributed by atoms with Crippen molar-refractivity contribution < 1.29 is 38.7 Å². The number of ketones is 2. The van der Waals surface area contributed by atoms with E-state index in [0.29, 0.717) is 34.1 Å². The third kappa shape index (κ3) is 5.85. The molecule has 8 nitrogen and oxygen atoms in total. The molecule has 3 aromatic carbocycles. The minimum Gasteiger partial charge on any atom is -0.507 e. The van der Waals surface area contributed by atoms with Crippen molar-refractivity contribution >= 4 is 23.7 Å². The van der Waals surface area contributed by atoms with Crippen LogP contribution in [-0.2, 0) is 0 Å². The van der Waals surface area contributed by atoms with Crippen molar-refractivity contribution in [2.24, 2.45) is 0 Å². The largest absolute Gasteiger partial charge is 0.507 e. The van der Waals surface area contributed by atoms with Crippen molar-refractivity contribution in [1.29, 1.82) is 0 Å². The number of allylic oxidation sites excluding steroid dienone is 2. The number of carbonyl (C=O) groups excluding carboxylic acids is 2. The zero-order valence-corrected chi connectivity index (χ0v) is 20.3. The van der Waals surface area contributed by atoms with E-state index < -0.39 is 23.1 Å². The monoisotopic (exact) mass is 490 g/mol. The molecule has 0 saturated carbocycles. The lowest BCUT2D eigenvalue weighted by Crippen LogP contribution is -2.01. The summed E-state index contributed by atoms with van der Waals surface area (Å²) in [4.78, 5) is 25.5. The molecule has 0 heterocycles. The summed E-state index contributed by atoms with van der Waals surface area (Å²) in [6.45, 7) is 0. The molecule has 0 saturated heterocycles. The lowest BCUT2D eigenvalue weighted by molar-refractivity contribution is 0.104. The van der Waals surface area contributed by atoms with Gasteiger partial charge in [0.2, 0.25) is 0 Å². The zero-order valence-electron chi connectivity index (χ0n) is 20.3. The van der Waals surface area contributed by atoms with Gasteiger partial charge in [0.25, 0.3) is 0 Å². The second-order valence-electron chi connectivity index (χ2n) is 7.51. The Morgan fingerprint density at radius 3 is 1.33 bits per heavy atom. The first kappa shape index (κ1) is 25.9. The van der Waals surface area contributed by atoms with Gasteiger partial charge >= 0.3 is 0 Å². The van der Waals surface area contributed by atoms with Crippen LogP contribution in [0.25, 0.3) is 12.2 Å². The lowest BCUT2D eigenvalue weighted by atomic mass is 10.0. The van der Waals surface area contributed by atoms with E-state index in [1.54, 1.807) is 36.4 Å². The van der Waals surface area contributed by atoms with Crippen LogP contribution in [0.4, 0.5) is 0 Å². The molecule has 0 aliphatic rings. The molecular formula is C28H26O8. The van der Waals surface area contributed by atoms with Crippen LogP contribution in [0.15, 0.2) is 60.7 Å². The van der Waals surface area contributed by atoms with Gasteiger partial charge in [-0.15, -0.1) is 0 Å². The van der Waals surface area contributed by atoms with Crippen LogP contribution in [0.1, 0.15) is 31.8 Å². The average Bonchev–Trinajstić information content (AvgIpc) is 2.89. The van der Waals surface area contributed by atoms with Gasteiger partial charge in [-0.05, 0) is 53.6 Å². The van der Waals surface area contributed by atoms with Gasteiger partial charge in [-0.3, -0.25) is 9.59 Å². The van der Waals surface area contributed by atoms with Gasteiger partial charge in [0, 0.05) is 6.07 Å². The van der Waals surface area contributed by atoms with Crippen LogP contribution in [0.5, 0.6) is 34.5 Å². The van der Waals surface area contributed by atoms with Crippen molar-refractivity contribution in [3.05, 3.63) is 82.9 Å². The molecule has 0 fully saturated rings. The zero-order chi connectivity index (χ0) is 26.2. The SMILES string of the molecule is COc1ccc(/C=C/C(=O)c2cc(C(=O)/C=C/c3ccc(OC)c(OC)c3)c(O)cc2O)cc1OC. The van der Waals surface area contributed by atoms with Crippen LogP contribution >= 0.6 is 0 Å². The molecule has 0 aromatic heterocycles. The Hall–Kier alpha value is -4.72. The maximum absolute atomic E-state index is 12.8. The summed E-state index contributed by atoms with van der Waals surface area (Å²) in [5, 5.41) is 20.4. The fourth-order valence-corrected chi connectivity index (χ4v) is 3.41. The number of carbonyl (C=O) groups is 2. The van der Waals surface area contributed by atoms with E-state index in [4.69, 9.17) is 18.9 Å². The Morgan fingerprint density at radius 2 is 0.972 bits per heavy atom. The fourth-order valence-electron chi connectivity index (χ4n) is 3.41. The van der Waals surface area contributed by atoms with E-state index in [1.165, 1.54) is 52.7 Å². The van der Waals surface area contributed by atoms with Crippen molar-refractivity contribution in [2.75, 3.05) is 28.4 Å². The molecule has 0 radical (unpaired) electrons. The predicted molar refractivity (Wildman–Crippen MR) is 136 cm³/mol. The van der Waals surface area contributed by atoms with E-state index in [0.717, 1.165) is 12.1 Å². The van der Waals surface area contributed by atoms with Gasteiger partial charge in [-0.1, -0.05) is 24.3 Å². The summed E-state index contributed by atoms with van der Waals surface area (Å²) in [6, 6.07) is 12.4. The highest BCUT2D eigenvalue weighted by atomic mass is 16.5. The molecule has 8 heteroatoms. The van der Waals surface area contributed by atoms with Crippen LogP contribution in [-0.4, -0.2) is 50.2 Å². The number of phenolic OH excluding ortho intramolecular Hbond substituents is 2. The van der Waals surface area contributed by atoms with Gasteiger partial charge in [0.1, 0.15) is 11.5 Å². The van der Waals surface area contributed by atoms with E-state index >= 15 is 0 Å². The maximum Gasteiger partial charge on any atom is 0.189 e. The van der Waals surface area contributed by atoms with Gasteiger partial charge in [0.05, 0.1) is 39.6 Å². The van der Waals surface area contributed by atoms with Crippen molar-refractivity contribution in [2.45, 2.75) is 0 Å². The summed E-state index contributed by atoms with van der Waals surface area (Å²) >= 11 is 0. The van der Waals surface area contributed by atoms with Crippen LogP contribution in [0, 0.1) is 0 Å². The van der Waals surface area contributed by atoms with E-state index in [2.05, 4.69) is 0 Å². The quantitative estimate of drug-likeness (QED) is 0.304. The summed E-state index contributed by atoms with van der Waals surface area (Å²) in [6.07, 6.45) is 5.58. The fraction of sp³-hybridized carbons (Fsp3) is 0.143. The molecule has 0 aliphatic carbocycles. The first-order chi connectivity index (χ1) is 17.3. The Bertz CT molecular complexity index is 1240. The molecule has 0 atom stereocenters.